The monoisotopic (exact) mass is 292 g/mol. The molecule has 0 aliphatic heterocycles. The molecule has 0 bridgehead atoms. The maximum Gasteiger partial charge on any atom is 0.312 e. The molecule has 3 rings (SSSR count). The molecule has 1 aliphatic carbocycles. The van der Waals surface area contributed by atoms with Crippen molar-refractivity contribution in [2.24, 2.45) is 7.05 Å². The van der Waals surface area contributed by atoms with Crippen LogP contribution in [-0.2, 0) is 24.8 Å². The summed E-state index contributed by atoms with van der Waals surface area (Å²) >= 11 is 1.56. The van der Waals surface area contributed by atoms with E-state index in [1.165, 1.54) is 0 Å². The predicted octanol–water partition coefficient (Wildman–Crippen LogP) is 1.91. The lowest BCUT2D eigenvalue weighted by molar-refractivity contribution is -0.138. The van der Waals surface area contributed by atoms with Crippen LogP contribution in [0.4, 0.5) is 5.13 Å². The first-order chi connectivity index (χ1) is 9.56. The van der Waals surface area contributed by atoms with Crippen molar-refractivity contribution in [1.29, 1.82) is 0 Å². The number of hydrogen-bond donors (Lipinski definition) is 2. The number of hydrogen-bond acceptors (Lipinski definition) is 5. The molecule has 1 unspecified atom stereocenters. The maximum atomic E-state index is 11.1. The summed E-state index contributed by atoms with van der Waals surface area (Å²) in [7, 11) is 1.91. The van der Waals surface area contributed by atoms with Gasteiger partial charge in [0.1, 0.15) is 5.92 Å². The molecular weight excluding hydrogens is 276 g/mol. The van der Waals surface area contributed by atoms with E-state index >= 15 is 0 Å². The zero-order chi connectivity index (χ0) is 14.3. The Kier molecular flexibility index (Phi) is 3.21. The SMILES string of the molecule is Cc1c(CNc2nc3c(s2)CCC3C(=O)O)cnn1C. The van der Waals surface area contributed by atoms with Gasteiger partial charge in [-0.2, -0.15) is 5.10 Å². The van der Waals surface area contributed by atoms with Gasteiger partial charge in [0.2, 0.25) is 0 Å². The molecule has 0 aromatic carbocycles. The first-order valence-corrected chi connectivity index (χ1v) is 7.31. The number of fused-ring (bicyclic) bond motifs is 1. The summed E-state index contributed by atoms with van der Waals surface area (Å²) in [6.45, 7) is 2.68. The lowest BCUT2D eigenvalue weighted by Gasteiger charge is -2.04. The summed E-state index contributed by atoms with van der Waals surface area (Å²) in [5.41, 5.74) is 2.98. The molecular formula is C13H16N4O2S. The molecule has 2 heterocycles. The zero-order valence-electron chi connectivity index (χ0n) is 11.4. The molecule has 2 N–H and O–H groups in total. The molecule has 0 saturated heterocycles. The van der Waals surface area contributed by atoms with E-state index in [1.54, 1.807) is 11.3 Å². The Morgan fingerprint density at radius 1 is 1.65 bits per heavy atom. The van der Waals surface area contributed by atoms with Crippen LogP contribution >= 0.6 is 11.3 Å². The molecule has 2 aromatic heterocycles. The maximum absolute atomic E-state index is 11.1. The Hall–Kier alpha value is -1.89. The van der Waals surface area contributed by atoms with Crippen LogP contribution in [0.1, 0.15) is 34.2 Å². The molecule has 0 radical (unpaired) electrons. The number of nitrogens with zero attached hydrogens (tertiary/aromatic N) is 3. The van der Waals surface area contributed by atoms with Crippen molar-refractivity contribution in [2.45, 2.75) is 32.2 Å². The number of aryl methyl sites for hydroxylation is 2. The molecule has 0 spiro atoms. The topological polar surface area (TPSA) is 80.0 Å². The first kappa shape index (κ1) is 13.1. The van der Waals surface area contributed by atoms with E-state index in [2.05, 4.69) is 15.4 Å². The summed E-state index contributed by atoms with van der Waals surface area (Å²) in [5, 5.41) is 17.4. The molecule has 0 amide bonds. The van der Waals surface area contributed by atoms with Crippen LogP contribution in [0.3, 0.4) is 0 Å². The second kappa shape index (κ2) is 4.90. The van der Waals surface area contributed by atoms with Crippen LogP contribution in [0.2, 0.25) is 0 Å². The highest BCUT2D eigenvalue weighted by Crippen LogP contribution is 2.38. The van der Waals surface area contributed by atoms with Gasteiger partial charge in [-0.05, 0) is 19.8 Å². The second-order valence-corrected chi connectivity index (χ2v) is 6.07. The highest BCUT2D eigenvalue weighted by Gasteiger charge is 2.32. The predicted molar refractivity (Wildman–Crippen MR) is 76.1 cm³/mol. The highest BCUT2D eigenvalue weighted by atomic mass is 32.1. The third-order valence-electron chi connectivity index (χ3n) is 3.78. The van der Waals surface area contributed by atoms with Gasteiger partial charge in [0, 0.05) is 29.7 Å². The van der Waals surface area contributed by atoms with Gasteiger partial charge in [-0.25, -0.2) is 4.98 Å². The molecule has 7 heteroatoms. The minimum Gasteiger partial charge on any atom is -0.481 e. The van der Waals surface area contributed by atoms with Gasteiger partial charge >= 0.3 is 5.97 Å². The fourth-order valence-electron chi connectivity index (χ4n) is 2.43. The Bertz CT molecular complexity index is 661. The fraction of sp³-hybridized carbons (Fsp3) is 0.462. The van der Waals surface area contributed by atoms with E-state index < -0.39 is 11.9 Å². The third-order valence-corrected chi connectivity index (χ3v) is 4.87. The van der Waals surface area contributed by atoms with Crippen LogP contribution in [0.25, 0.3) is 0 Å². The summed E-state index contributed by atoms with van der Waals surface area (Å²) < 4.78 is 1.83. The van der Waals surface area contributed by atoms with E-state index in [4.69, 9.17) is 5.11 Å². The largest absolute Gasteiger partial charge is 0.481 e. The molecule has 1 aliphatic rings. The second-order valence-electron chi connectivity index (χ2n) is 4.99. The van der Waals surface area contributed by atoms with Gasteiger partial charge in [-0.15, -0.1) is 11.3 Å². The van der Waals surface area contributed by atoms with Gasteiger partial charge in [-0.1, -0.05) is 0 Å². The fourth-order valence-corrected chi connectivity index (χ4v) is 3.47. The summed E-state index contributed by atoms with van der Waals surface area (Å²) in [6.07, 6.45) is 3.33. The summed E-state index contributed by atoms with van der Waals surface area (Å²) in [6, 6.07) is 0. The third kappa shape index (κ3) is 2.18. The number of carbonyl (C=O) groups is 1. The zero-order valence-corrected chi connectivity index (χ0v) is 12.2. The van der Waals surface area contributed by atoms with Crippen molar-refractivity contribution in [3.05, 3.63) is 28.0 Å². The Morgan fingerprint density at radius 2 is 2.45 bits per heavy atom. The van der Waals surface area contributed by atoms with E-state index in [-0.39, 0.29) is 0 Å². The van der Waals surface area contributed by atoms with Crippen LogP contribution in [0.5, 0.6) is 0 Å². The smallest absolute Gasteiger partial charge is 0.312 e. The quantitative estimate of drug-likeness (QED) is 0.900. The van der Waals surface area contributed by atoms with Crippen LogP contribution in [-0.4, -0.2) is 25.8 Å². The summed E-state index contributed by atoms with van der Waals surface area (Å²) in [5.74, 6) is -1.21. The molecule has 1 atom stereocenters. The van der Waals surface area contributed by atoms with Crippen molar-refractivity contribution in [3.8, 4) is 0 Å². The van der Waals surface area contributed by atoms with E-state index in [9.17, 15) is 4.79 Å². The number of aliphatic carboxylic acids is 1. The standard InChI is InChI=1S/C13H16N4O2S/c1-7-8(6-15-17(7)2)5-14-13-16-11-9(12(18)19)3-4-10(11)20-13/h6,9H,3-5H2,1-2H3,(H,14,16)(H,18,19). The van der Waals surface area contributed by atoms with E-state index in [0.29, 0.717) is 13.0 Å². The van der Waals surface area contributed by atoms with Gasteiger partial charge in [0.25, 0.3) is 0 Å². The Morgan fingerprint density at radius 3 is 3.10 bits per heavy atom. The molecule has 0 saturated carbocycles. The van der Waals surface area contributed by atoms with E-state index in [1.807, 2.05) is 24.9 Å². The number of rotatable bonds is 4. The van der Waals surface area contributed by atoms with Crippen molar-refractivity contribution >= 4 is 22.4 Å². The van der Waals surface area contributed by atoms with Crippen LogP contribution in [0, 0.1) is 6.92 Å². The molecule has 0 fully saturated rings. The normalized spacial score (nSPS) is 17.2. The number of aromatic nitrogens is 3. The number of carboxylic acids is 1. The highest BCUT2D eigenvalue weighted by molar-refractivity contribution is 7.15. The minimum absolute atomic E-state index is 0.433. The number of nitrogens with one attached hydrogen (secondary N) is 1. The summed E-state index contributed by atoms with van der Waals surface area (Å²) in [4.78, 5) is 16.7. The minimum atomic E-state index is -0.774. The van der Waals surface area contributed by atoms with Gasteiger partial charge in [0.05, 0.1) is 11.9 Å². The van der Waals surface area contributed by atoms with Crippen molar-refractivity contribution in [3.63, 3.8) is 0 Å². The van der Waals surface area contributed by atoms with Crippen molar-refractivity contribution in [2.75, 3.05) is 5.32 Å². The Balaban J connectivity index is 1.72. The average Bonchev–Trinajstić information content (AvgIpc) is 3.03. The molecule has 2 aromatic rings. The average molecular weight is 292 g/mol. The first-order valence-electron chi connectivity index (χ1n) is 6.50. The molecule has 106 valence electrons. The van der Waals surface area contributed by atoms with Crippen LogP contribution < -0.4 is 5.32 Å². The van der Waals surface area contributed by atoms with Crippen molar-refractivity contribution < 1.29 is 9.90 Å². The lowest BCUT2D eigenvalue weighted by atomic mass is 10.1. The van der Waals surface area contributed by atoms with Gasteiger partial charge in [0.15, 0.2) is 5.13 Å². The van der Waals surface area contributed by atoms with E-state index in [0.717, 1.165) is 33.4 Å². The van der Waals surface area contributed by atoms with Gasteiger partial charge < -0.3 is 10.4 Å². The number of anilines is 1. The van der Waals surface area contributed by atoms with Gasteiger partial charge in [-0.3, -0.25) is 9.48 Å². The Labute approximate surface area is 120 Å². The number of carboxylic acid groups (broad SMARTS) is 1. The molecule has 20 heavy (non-hydrogen) atoms. The number of thiazole rings is 1. The van der Waals surface area contributed by atoms with Crippen LogP contribution in [0.15, 0.2) is 6.20 Å². The molecule has 6 nitrogen and oxygen atoms in total. The van der Waals surface area contributed by atoms with Crippen molar-refractivity contribution in [1.82, 2.24) is 14.8 Å². The lowest BCUT2D eigenvalue weighted by Crippen LogP contribution is -2.09.